The van der Waals surface area contributed by atoms with E-state index in [1.807, 2.05) is 19.1 Å². The number of benzene rings is 4. The minimum absolute atomic E-state index is 0.0410. The smallest absolute Gasteiger partial charge is 0.336 e. The standard InChI is InChI=1S/C29H22F2N4O2/c1-19-6-10-21(11-7-19)28(36)32-23-14-16-24(17-15-23)35-27(25-4-2-3-5-26(25)31)33-29(34-35)37-18-20-8-12-22(30)13-9-20/h2-17H,18H2,1H3,(H,32,36). The van der Waals surface area contributed by atoms with Crippen molar-refractivity contribution in [1.82, 2.24) is 14.8 Å². The van der Waals surface area contributed by atoms with Crippen LogP contribution in [0.4, 0.5) is 14.5 Å². The largest absolute Gasteiger partial charge is 0.457 e. The van der Waals surface area contributed by atoms with Crippen molar-refractivity contribution < 1.29 is 18.3 Å². The molecular formula is C29H22F2N4O2. The lowest BCUT2D eigenvalue weighted by Crippen LogP contribution is -2.11. The highest BCUT2D eigenvalue weighted by Gasteiger charge is 2.18. The summed E-state index contributed by atoms with van der Waals surface area (Å²) < 4.78 is 35.0. The molecule has 6 nitrogen and oxygen atoms in total. The number of anilines is 1. The first-order valence-corrected chi connectivity index (χ1v) is 11.5. The summed E-state index contributed by atoms with van der Waals surface area (Å²) in [6.45, 7) is 2.07. The van der Waals surface area contributed by atoms with Crippen molar-refractivity contribution in [2.24, 2.45) is 0 Å². The third kappa shape index (κ3) is 5.54. The lowest BCUT2D eigenvalue weighted by molar-refractivity contribution is 0.102. The van der Waals surface area contributed by atoms with Gasteiger partial charge in [0, 0.05) is 11.3 Å². The summed E-state index contributed by atoms with van der Waals surface area (Å²) in [5.74, 6) is -0.768. The molecule has 0 atom stereocenters. The van der Waals surface area contributed by atoms with Crippen molar-refractivity contribution in [3.63, 3.8) is 0 Å². The molecule has 37 heavy (non-hydrogen) atoms. The molecule has 1 heterocycles. The molecule has 0 radical (unpaired) electrons. The highest BCUT2D eigenvalue weighted by molar-refractivity contribution is 6.04. The van der Waals surface area contributed by atoms with Crippen LogP contribution in [0.2, 0.25) is 0 Å². The summed E-state index contributed by atoms with van der Waals surface area (Å²) in [6, 6.07) is 26.4. The number of aryl methyl sites for hydroxylation is 1. The highest BCUT2D eigenvalue weighted by Crippen LogP contribution is 2.27. The van der Waals surface area contributed by atoms with Crippen LogP contribution >= 0.6 is 0 Å². The van der Waals surface area contributed by atoms with Crippen LogP contribution in [0.15, 0.2) is 97.1 Å². The van der Waals surface area contributed by atoms with Gasteiger partial charge < -0.3 is 10.1 Å². The van der Waals surface area contributed by atoms with Gasteiger partial charge in [0.1, 0.15) is 18.2 Å². The number of nitrogens with zero attached hydrogens (tertiary/aromatic N) is 3. The van der Waals surface area contributed by atoms with Crippen molar-refractivity contribution >= 4 is 11.6 Å². The molecule has 0 aliphatic heterocycles. The predicted molar refractivity (Wildman–Crippen MR) is 137 cm³/mol. The number of aromatic nitrogens is 3. The number of halogens is 2. The molecule has 5 rings (SSSR count). The van der Waals surface area contributed by atoms with E-state index in [4.69, 9.17) is 4.74 Å². The van der Waals surface area contributed by atoms with E-state index < -0.39 is 5.82 Å². The Hall–Kier alpha value is -4.85. The van der Waals surface area contributed by atoms with Gasteiger partial charge in [-0.3, -0.25) is 4.79 Å². The maximum atomic E-state index is 14.7. The quantitative estimate of drug-likeness (QED) is 0.285. The Balaban J connectivity index is 1.41. The average Bonchev–Trinajstić information content (AvgIpc) is 3.33. The zero-order chi connectivity index (χ0) is 25.8. The van der Waals surface area contributed by atoms with Crippen LogP contribution in [0.1, 0.15) is 21.5 Å². The Morgan fingerprint density at radius 3 is 2.30 bits per heavy atom. The topological polar surface area (TPSA) is 69.0 Å². The summed E-state index contributed by atoms with van der Waals surface area (Å²) >= 11 is 0. The van der Waals surface area contributed by atoms with Gasteiger partial charge in [0.25, 0.3) is 5.91 Å². The van der Waals surface area contributed by atoms with Crippen LogP contribution < -0.4 is 10.1 Å². The third-order valence-electron chi connectivity index (χ3n) is 5.67. The molecule has 0 saturated heterocycles. The van der Waals surface area contributed by atoms with Crippen LogP contribution in [-0.2, 0) is 6.61 Å². The van der Waals surface area contributed by atoms with Gasteiger partial charge in [-0.25, -0.2) is 13.5 Å². The van der Waals surface area contributed by atoms with Crippen LogP contribution in [-0.4, -0.2) is 20.7 Å². The van der Waals surface area contributed by atoms with Gasteiger partial charge in [-0.15, -0.1) is 5.10 Å². The van der Waals surface area contributed by atoms with E-state index in [1.54, 1.807) is 66.7 Å². The van der Waals surface area contributed by atoms with Gasteiger partial charge in [-0.1, -0.05) is 42.0 Å². The maximum Gasteiger partial charge on any atom is 0.336 e. The van der Waals surface area contributed by atoms with E-state index in [2.05, 4.69) is 15.4 Å². The fourth-order valence-electron chi connectivity index (χ4n) is 3.67. The molecule has 184 valence electrons. The van der Waals surface area contributed by atoms with Crippen LogP contribution in [0.3, 0.4) is 0 Å². The number of nitrogens with one attached hydrogen (secondary N) is 1. The molecule has 0 spiro atoms. The fraction of sp³-hybridized carbons (Fsp3) is 0.0690. The maximum absolute atomic E-state index is 14.7. The minimum Gasteiger partial charge on any atom is -0.457 e. The zero-order valence-corrected chi connectivity index (χ0v) is 19.9. The fourth-order valence-corrected chi connectivity index (χ4v) is 3.67. The summed E-state index contributed by atoms with van der Waals surface area (Å²) in [7, 11) is 0. The van der Waals surface area contributed by atoms with E-state index in [1.165, 1.54) is 22.9 Å². The third-order valence-corrected chi connectivity index (χ3v) is 5.67. The van der Waals surface area contributed by atoms with Gasteiger partial charge in [0.15, 0.2) is 5.82 Å². The minimum atomic E-state index is -0.455. The molecule has 5 aromatic rings. The molecule has 0 bridgehead atoms. The van der Waals surface area contributed by atoms with E-state index in [9.17, 15) is 13.6 Å². The number of carbonyl (C=O) groups excluding carboxylic acids is 1. The molecule has 0 aliphatic carbocycles. The van der Waals surface area contributed by atoms with E-state index in [-0.39, 0.29) is 35.7 Å². The Kier molecular flexibility index (Phi) is 6.72. The number of hydrogen-bond acceptors (Lipinski definition) is 4. The second-order valence-corrected chi connectivity index (χ2v) is 8.39. The predicted octanol–water partition coefficient (Wildman–Crippen LogP) is 6.35. The van der Waals surface area contributed by atoms with Crippen LogP contribution in [0, 0.1) is 18.6 Å². The number of hydrogen-bond donors (Lipinski definition) is 1. The molecule has 0 saturated carbocycles. The van der Waals surface area contributed by atoms with E-state index >= 15 is 0 Å². The van der Waals surface area contributed by atoms with Crippen molar-refractivity contribution in [2.75, 3.05) is 5.32 Å². The van der Waals surface area contributed by atoms with Gasteiger partial charge in [-0.05, 0) is 73.2 Å². The number of amides is 1. The Morgan fingerprint density at radius 1 is 0.892 bits per heavy atom. The van der Waals surface area contributed by atoms with E-state index in [0.29, 0.717) is 16.9 Å². The molecule has 0 fully saturated rings. The van der Waals surface area contributed by atoms with Gasteiger partial charge >= 0.3 is 6.01 Å². The second-order valence-electron chi connectivity index (χ2n) is 8.39. The zero-order valence-electron chi connectivity index (χ0n) is 19.9. The number of ether oxygens (including phenoxy) is 1. The number of rotatable bonds is 7. The van der Waals surface area contributed by atoms with Gasteiger partial charge in [-0.2, -0.15) is 4.98 Å². The Morgan fingerprint density at radius 2 is 1.59 bits per heavy atom. The Bertz CT molecular complexity index is 1530. The second kappa shape index (κ2) is 10.4. The van der Waals surface area contributed by atoms with E-state index in [0.717, 1.165) is 11.1 Å². The number of carbonyl (C=O) groups is 1. The summed E-state index contributed by atoms with van der Waals surface area (Å²) in [5, 5.41) is 7.30. The molecule has 1 amide bonds. The van der Waals surface area contributed by atoms with Crippen molar-refractivity contribution in [3.05, 3.63) is 125 Å². The first kappa shape index (κ1) is 23.9. The molecular weight excluding hydrogens is 474 g/mol. The molecule has 8 heteroatoms. The van der Waals surface area contributed by atoms with Crippen LogP contribution in [0.25, 0.3) is 17.1 Å². The molecule has 0 unspecified atom stereocenters. The lowest BCUT2D eigenvalue weighted by atomic mass is 10.1. The SMILES string of the molecule is Cc1ccc(C(=O)Nc2ccc(-n3nc(OCc4ccc(F)cc4)nc3-c3ccccc3F)cc2)cc1. The Labute approximate surface area is 212 Å². The first-order chi connectivity index (χ1) is 18.0. The van der Waals surface area contributed by atoms with Crippen molar-refractivity contribution in [1.29, 1.82) is 0 Å². The van der Waals surface area contributed by atoms with Gasteiger partial charge in [0.05, 0.1) is 11.3 Å². The molecule has 4 aromatic carbocycles. The molecule has 1 N–H and O–H groups in total. The first-order valence-electron chi connectivity index (χ1n) is 11.5. The van der Waals surface area contributed by atoms with Gasteiger partial charge in [0.2, 0.25) is 0 Å². The molecule has 0 aliphatic rings. The van der Waals surface area contributed by atoms with Crippen molar-refractivity contribution in [2.45, 2.75) is 13.5 Å². The molecule has 1 aromatic heterocycles. The van der Waals surface area contributed by atoms with Crippen molar-refractivity contribution in [3.8, 4) is 23.1 Å². The highest BCUT2D eigenvalue weighted by atomic mass is 19.1. The summed E-state index contributed by atoms with van der Waals surface area (Å²) in [4.78, 5) is 17.0. The summed E-state index contributed by atoms with van der Waals surface area (Å²) in [5.41, 5.74) is 3.80. The average molecular weight is 497 g/mol. The summed E-state index contributed by atoms with van der Waals surface area (Å²) in [6.07, 6.45) is 0. The normalized spacial score (nSPS) is 10.8. The monoisotopic (exact) mass is 496 g/mol. The van der Waals surface area contributed by atoms with Crippen LogP contribution in [0.5, 0.6) is 6.01 Å². The lowest BCUT2D eigenvalue weighted by Gasteiger charge is -2.09.